The van der Waals surface area contributed by atoms with Crippen LogP contribution in [0.3, 0.4) is 0 Å². The highest BCUT2D eigenvalue weighted by atomic mass is 35.5. The summed E-state index contributed by atoms with van der Waals surface area (Å²) in [7, 11) is 0. The fourth-order valence-corrected chi connectivity index (χ4v) is 3.01. The smallest absolute Gasteiger partial charge is 0.322 e. The largest absolute Gasteiger partial charge is 0.508 e. The van der Waals surface area contributed by atoms with Crippen molar-refractivity contribution >= 4 is 23.3 Å². The van der Waals surface area contributed by atoms with E-state index in [1.54, 1.807) is 19.1 Å². The number of phenolic OH excluding ortho intramolecular Hbond substituents is 1. The molecule has 0 saturated heterocycles. The Morgan fingerprint density at radius 1 is 1.32 bits per heavy atom. The van der Waals surface area contributed by atoms with E-state index in [-0.39, 0.29) is 23.9 Å². The number of hydrogen-bond acceptors (Lipinski definition) is 3. The molecule has 2 aromatic rings. The molecule has 0 aliphatic carbocycles. The van der Waals surface area contributed by atoms with E-state index in [1.807, 2.05) is 19.9 Å². The summed E-state index contributed by atoms with van der Waals surface area (Å²) in [6, 6.07) is 6.72. The molecule has 0 amide bonds. The molecule has 0 heterocycles. The van der Waals surface area contributed by atoms with Crippen molar-refractivity contribution in [3.05, 3.63) is 57.4 Å². The van der Waals surface area contributed by atoms with Gasteiger partial charge in [-0.05, 0) is 53.6 Å². The lowest BCUT2D eigenvalue weighted by Crippen LogP contribution is -2.14. The Hall–Kier alpha value is -2.27. The van der Waals surface area contributed by atoms with Crippen molar-refractivity contribution in [3.8, 4) is 5.75 Å². The van der Waals surface area contributed by atoms with Gasteiger partial charge in [-0.3, -0.25) is 4.79 Å². The lowest BCUT2D eigenvalue weighted by Gasteiger charge is -2.15. The minimum atomic E-state index is -1.08. The Bertz CT molecular complexity index is 806. The van der Waals surface area contributed by atoms with E-state index in [2.05, 4.69) is 5.32 Å². The van der Waals surface area contributed by atoms with Crippen LogP contribution in [0.15, 0.2) is 24.3 Å². The molecule has 2 aromatic carbocycles. The standard InChI is InChI=1S/C19H21ClFNO3/c1-10(2)13-6-12(4-5-17(13)23)7-14-11(3)19(21)16(8-15(14)20)22-9-18(24)25/h4-6,8,10,22-23H,7,9H2,1-3H3,(H,24,25). The van der Waals surface area contributed by atoms with E-state index in [4.69, 9.17) is 16.7 Å². The number of hydrogen-bond donors (Lipinski definition) is 3. The molecule has 134 valence electrons. The second kappa shape index (κ2) is 7.74. The molecule has 0 aliphatic rings. The first kappa shape index (κ1) is 19.1. The summed E-state index contributed by atoms with van der Waals surface area (Å²) in [6.45, 7) is 5.20. The predicted octanol–water partition coefficient (Wildman–Crippen LogP) is 4.70. The summed E-state index contributed by atoms with van der Waals surface area (Å²) < 4.78 is 14.5. The second-order valence-corrected chi connectivity index (χ2v) is 6.70. The molecular weight excluding hydrogens is 345 g/mol. The van der Waals surface area contributed by atoms with Gasteiger partial charge in [-0.25, -0.2) is 4.39 Å². The van der Waals surface area contributed by atoms with E-state index >= 15 is 0 Å². The van der Waals surface area contributed by atoms with Gasteiger partial charge < -0.3 is 15.5 Å². The number of rotatable bonds is 6. The van der Waals surface area contributed by atoms with Crippen molar-refractivity contribution in [1.82, 2.24) is 0 Å². The molecule has 2 rings (SSSR count). The van der Waals surface area contributed by atoms with Crippen LogP contribution in [0, 0.1) is 12.7 Å². The number of nitrogens with one attached hydrogen (secondary N) is 1. The number of aliphatic carboxylic acids is 1. The third kappa shape index (κ3) is 4.42. The molecule has 0 unspecified atom stereocenters. The zero-order valence-electron chi connectivity index (χ0n) is 14.4. The molecule has 0 aliphatic heterocycles. The van der Waals surface area contributed by atoms with Gasteiger partial charge >= 0.3 is 5.97 Å². The SMILES string of the molecule is Cc1c(F)c(NCC(=O)O)cc(Cl)c1Cc1ccc(O)c(C(C)C)c1. The van der Waals surface area contributed by atoms with Crippen molar-refractivity contribution in [3.63, 3.8) is 0 Å². The van der Waals surface area contributed by atoms with Crippen molar-refractivity contribution in [1.29, 1.82) is 0 Å². The summed E-state index contributed by atoms with van der Waals surface area (Å²) >= 11 is 6.30. The first-order valence-electron chi connectivity index (χ1n) is 7.95. The third-order valence-electron chi connectivity index (χ3n) is 4.10. The number of halogens is 2. The summed E-state index contributed by atoms with van der Waals surface area (Å²) in [5, 5.41) is 21.5. The fraction of sp³-hybridized carbons (Fsp3) is 0.316. The van der Waals surface area contributed by atoms with Gasteiger partial charge in [-0.15, -0.1) is 0 Å². The number of carboxylic acids is 1. The number of anilines is 1. The highest BCUT2D eigenvalue weighted by molar-refractivity contribution is 6.31. The van der Waals surface area contributed by atoms with Crippen LogP contribution in [0.2, 0.25) is 5.02 Å². The maximum absolute atomic E-state index is 14.5. The minimum absolute atomic E-state index is 0.0715. The van der Waals surface area contributed by atoms with Crippen LogP contribution in [-0.2, 0) is 11.2 Å². The van der Waals surface area contributed by atoms with Crippen LogP contribution >= 0.6 is 11.6 Å². The fourth-order valence-electron chi connectivity index (χ4n) is 2.69. The predicted molar refractivity (Wildman–Crippen MR) is 97.3 cm³/mol. The Morgan fingerprint density at radius 2 is 2.00 bits per heavy atom. The van der Waals surface area contributed by atoms with Gasteiger partial charge in [0.15, 0.2) is 0 Å². The Kier molecular flexibility index (Phi) is 5.90. The maximum atomic E-state index is 14.5. The van der Waals surface area contributed by atoms with E-state index in [0.29, 0.717) is 22.6 Å². The number of carbonyl (C=O) groups is 1. The third-order valence-corrected chi connectivity index (χ3v) is 4.44. The second-order valence-electron chi connectivity index (χ2n) is 6.30. The van der Waals surface area contributed by atoms with E-state index in [9.17, 15) is 14.3 Å². The molecule has 0 spiro atoms. The Labute approximate surface area is 151 Å². The summed E-state index contributed by atoms with van der Waals surface area (Å²) in [4.78, 5) is 10.6. The van der Waals surface area contributed by atoms with Crippen LogP contribution in [-0.4, -0.2) is 22.7 Å². The van der Waals surface area contributed by atoms with Gasteiger partial charge in [0.2, 0.25) is 0 Å². The minimum Gasteiger partial charge on any atom is -0.508 e. The first-order valence-corrected chi connectivity index (χ1v) is 8.33. The van der Waals surface area contributed by atoms with Gasteiger partial charge in [-0.1, -0.05) is 37.6 Å². The topological polar surface area (TPSA) is 69.6 Å². The molecule has 0 aromatic heterocycles. The average Bonchev–Trinajstić information content (AvgIpc) is 2.54. The summed E-state index contributed by atoms with van der Waals surface area (Å²) in [6.07, 6.45) is 0.417. The van der Waals surface area contributed by atoms with Crippen LogP contribution in [0.1, 0.15) is 42.0 Å². The lowest BCUT2D eigenvalue weighted by atomic mass is 9.94. The molecular formula is C19H21ClFNO3. The molecule has 6 heteroatoms. The van der Waals surface area contributed by atoms with Crippen LogP contribution < -0.4 is 5.32 Å². The van der Waals surface area contributed by atoms with Gasteiger partial charge in [0.05, 0.1) is 5.69 Å². The van der Waals surface area contributed by atoms with Gasteiger partial charge in [-0.2, -0.15) is 0 Å². The zero-order chi connectivity index (χ0) is 18.7. The molecule has 0 bridgehead atoms. The van der Waals surface area contributed by atoms with Gasteiger partial charge in [0, 0.05) is 5.02 Å². The molecule has 0 radical (unpaired) electrons. The van der Waals surface area contributed by atoms with Gasteiger partial charge in [0.1, 0.15) is 18.1 Å². The molecule has 0 fully saturated rings. The summed E-state index contributed by atoms with van der Waals surface area (Å²) in [5.74, 6) is -1.19. The number of carboxylic acid groups (broad SMARTS) is 1. The zero-order valence-corrected chi connectivity index (χ0v) is 15.1. The highest BCUT2D eigenvalue weighted by Crippen LogP contribution is 2.32. The summed E-state index contributed by atoms with van der Waals surface area (Å²) in [5.41, 5.74) is 2.82. The van der Waals surface area contributed by atoms with Crippen molar-refractivity contribution in [2.24, 2.45) is 0 Å². The van der Waals surface area contributed by atoms with Crippen molar-refractivity contribution in [2.75, 3.05) is 11.9 Å². The number of phenols is 1. The molecule has 0 atom stereocenters. The maximum Gasteiger partial charge on any atom is 0.322 e. The van der Waals surface area contributed by atoms with E-state index < -0.39 is 11.8 Å². The van der Waals surface area contributed by atoms with Crippen LogP contribution in [0.4, 0.5) is 10.1 Å². The van der Waals surface area contributed by atoms with E-state index in [1.165, 1.54) is 6.07 Å². The van der Waals surface area contributed by atoms with Crippen LogP contribution in [0.5, 0.6) is 5.75 Å². The molecule has 25 heavy (non-hydrogen) atoms. The van der Waals surface area contributed by atoms with Crippen molar-refractivity contribution in [2.45, 2.75) is 33.1 Å². The monoisotopic (exact) mass is 365 g/mol. The lowest BCUT2D eigenvalue weighted by molar-refractivity contribution is -0.134. The first-order chi connectivity index (χ1) is 11.7. The average molecular weight is 366 g/mol. The van der Waals surface area contributed by atoms with Crippen LogP contribution in [0.25, 0.3) is 0 Å². The normalized spacial score (nSPS) is 11.0. The molecule has 0 saturated carbocycles. The van der Waals surface area contributed by atoms with E-state index in [0.717, 1.165) is 11.1 Å². The Morgan fingerprint density at radius 3 is 2.60 bits per heavy atom. The number of aromatic hydroxyl groups is 1. The van der Waals surface area contributed by atoms with Crippen molar-refractivity contribution < 1.29 is 19.4 Å². The molecule has 3 N–H and O–H groups in total. The highest BCUT2D eigenvalue weighted by Gasteiger charge is 2.16. The Balaban J connectivity index is 2.36. The number of benzene rings is 2. The molecule has 4 nitrogen and oxygen atoms in total. The quantitative estimate of drug-likeness (QED) is 0.693. The van der Waals surface area contributed by atoms with Gasteiger partial charge in [0.25, 0.3) is 0 Å².